The quantitative estimate of drug-likeness (QED) is 0.719. The van der Waals surface area contributed by atoms with Crippen LogP contribution in [0.1, 0.15) is 25.7 Å². The van der Waals surface area contributed by atoms with E-state index in [-0.39, 0.29) is 12.0 Å². The molecule has 1 unspecified atom stereocenters. The van der Waals surface area contributed by atoms with E-state index in [0.29, 0.717) is 6.04 Å². The van der Waals surface area contributed by atoms with E-state index in [1.165, 1.54) is 0 Å². The van der Waals surface area contributed by atoms with Gasteiger partial charge in [0.15, 0.2) is 0 Å². The summed E-state index contributed by atoms with van der Waals surface area (Å²) in [7, 11) is 1.99. The zero-order chi connectivity index (χ0) is 10.7. The van der Waals surface area contributed by atoms with Crippen molar-refractivity contribution < 1.29 is 9.53 Å². The zero-order valence-electron chi connectivity index (χ0n) is 9.37. The lowest BCUT2D eigenvalue weighted by atomic mass is 10.0. The van der Waals surface area contributed by atoms with Gasteiger partial charge in [-0.25, -0.2) is 0 Å². The summed E-state index contributed by atoms with van der Waals surface area (Å²) in [6, 6.07) is 0.582. The molecule has 2 saturated heterocycles. The molecule has 4 nitrogen and oxygen atoms in total. The first-order chi connectivity index (χ1) is 7.31. The number of piperidine rings is 1. The fraction of sp³-hybridized carbons (Fsp3) is 0.909. The topological polar surface area (TPSA) is 41.6 Å². The van der Waals surface area contributed by atoms with E-state index in [2.05, 4.69) is 5.32 Å². The molecule has 0 radical (unpaired) electrons. The Kier molecular flexibility index (Phi) is 3.59. The van der Waals surface area contributed by atoms with E-state index in [0.717, 1.165) is 45.4 Å². The molecule has 0 aromatic rings. The molecule has 2 aliphatic heterocycles. The number of hydrogen-bond donors (Lipinski definition) is 1. The van der Waals surface area contributed by atoms with Gasteiger partial charge in [0.05, 0.1) is 0 Å². The maximum Gasteiger partial charge on any atom is 0.251 e. The molecule has 0 aromatic heterocycles. The molecule has 0 bridgehead atoms. The van der Waals surface area contributed by atoms with Crippen molar-refractivity contribution in [3.63, 3.8) is 0 Å². The van der Waals surface area contributed by atoms with Gasteiger partial charge in [-0.3, -0.25) is 4.79 Å². The van der Waals surface area contributed by atoms with Crippen LogP contribution in [0.3, 0.4) is 0 Å². The van der Waals surface area contributed by atoms with Crippen molar-refractivity contribution in [3.8, 4) is 0 Å². The normalized spacial score (nSPS) is 28.3. The molecule has 2 rings (SSSR count). The van der Waals surface area contributed by atoms with Gasteiger partial charge in [-0.05, 0) is 32.7 Å². The largest absolute Gasteiger partial charge is 0.368 e. The first kappa shape index (κ1) is 10.9. The van der Waals surface area contributed by atoms with Gasteiger partial charge in [0.25, 0.3) is 5.91 Å². The molecule has 2 heterocycles. The van der Waals surface area contributed by atoms with Gasteiger partial charge < -0.3 is 15.0 Å². The molecule has 86 valence electrons. The Morgan fingerprint density at radius 1 is 1.33 bits per heavy atom. The van der Waals surface area contributed by atoms with Crippen molar-refractivity contribution in [2.45, 2.75) is 37.8 Å². The van der Waals surface area contributed by atoms with E-state index >= 15 is 0 Å². The van der Waals surface area contributed by atoms with Crippen LogP contribution in [-0.2, 0) is 9.53 Å². The van der Waals surface area contributed by atoms with Crippen LogP contribution >= 0.6 is 0 Å². The molecule has 2 aliphatic rings. The third-order valence-electron chi connectivity index (χ3n) is 3.42. The summed E-state index contributed by atoms with van der Waals surface area (Å²) in [6.45, 7) is 2.51. The molecule has 0 saturated carbocycles. The Hall–Kier alpha value is -0.610. The summed E-state index contributed by atoms with van der Waals surface area (Å²) < 4.78 is 5.41. The molecular weight excluding hydrogens is 192 g/mol. The summed E-state index contributed by atoms with van der Waals surface area (Å²) in [4.78, 5) is 13.9. The number of hydrogen-bond acceptors (Lipinski definition) is 3. The van der Waals surface area contributed by atoms with E-state index in [4.69, 9.17) is 4.74 Å². The van der Waals surface area contributed by atoms with Gasteiger partial charge in [-0.1, -0.05) is 0 Å². The molecule has 0 aromatic carbocycles. The summed E-state index contributed by atoms with van der Waals surface area (Å²) >= 11 is 0. The van der Waals surface area contributed by atoms with Gasteiger partial charge >= 0.3 is 0 Å². The summed E-state index contributed by atoms with van der Waals surface area (Å²) in [5.41, 5.74) is 0. The van der Waals surface area contributed by atoms with E-state index in [9.17, 15) is 4.79 Å². The Morgan fingerprint density at radius 3 is 2.60 bits per heavy atom. The first-order valence-corrected chi connectivity index (χ1v) is 5.89. The maximum atomic E-state index is 12.0. The van der Waals surface area contributed by atoms with Crippen molar-refractivity contribution in [2.75, 3.05) is 26.7 Å². The standard InChI is InChI=1S/C11H20N2O2/c1-12-9-4-6-13(7-5-9)11(14)10-3-2-8-15-10/h9-10,12H,2-8H2,1H3. The number of rotatable bonds is 2. The zero-order valence-corrected chi connectivity index (χ0v) is 9.37. The molecule has 0 spiro atoms. The molecule has 0 aliphatic carbocycles. The minimum Gasteiger partial charge on any atom is -0.368 e. The lowest BCUT2D eigenvalue weighted by Gasteiger charge is -2.33. The van der Waals surface area contributed by atoms with Crippen molar-refractivity contribution in [3.05, 3.63) is 0 Å². The molecular formula is C11H20N2O2. The fourth-order valence-electron chi connectivity index (χ4n) is 2.36. The Bertz CT molecular complexity index is 219. The highest BCUT2D eigenvalue weighted by molar-refractivity contribution is 5.81. The molecule has 1 N–H and O–H groups in total. The van der Waals surface area contributed by atoms with Crippen LogP contribution in [0, 0.1) is 0 Å². The average molecular weight is 212 g/mol. The van der Waals surface area contributed by atoms with E-state index in [1.807, 2.05) is 11.9 Å². The number of ether oxygens (including phenoxy) is 1. The number of amides is 1. The summed E-state index contributed by atoms with van der Waals surface area (Å²) in [5, 5.41) is 3.26. The Labute approximate surface area is 91.0 Å². The van der Waals surface area contributed by atoms with Crippen LogP contribution in [-0.4, -0.2) is 49.7 Å². The van der Waals surface area contributed by atoms with Gasteiger partial charge in [-0.15, -0.1) is 0 Å². The molecule has 1 atom stereocenters. The third kappa shape index (κ3) is 2.49. The van der Waals surface area contributed by atoms with Gasteiger partial charge in [0.1, 0.15) is 6.10 Å². The minimum absolute atomic E-state index is 0.142. The van der Waals surface area contributed by atoms with Gasteiger partial charge in [-0.2, -0.15) is 0 Å². The highest BCUT2D eigenvalue weighted by atomic mass is 16.5. The highest BCUT2D eigenvalue weighted by Gasteiger charge is 2.30. The van der Waals surface area contributed by atoms with Crippen molar-refractivity contribution in [1.82, 2.24) is 10.2 Å². The fourth-order valence-corrected chi connectivity index (χ4v) is 2.36. The van der Waals surface area contributed by atoms with Crippen LogP contribution in [0.2, 0.25) is 0 Å². The van der Waals surface area contributed by atoms with Crippen LogP contribution in [0.4, 0.5) is 0 Å². The average Bonchev–Trinajstić information content (AvgIpc) is 2.82. The molecule has 1 amide bonds. The van der Waals surface area contributed by atoms with E-state index in [1.54, 1.807) is 0 Å². The lowest BCUT2D eigenvalue weighted by molar-refractivity contribution is -0.142. The first-order valence-electron chi connectivity index (χ1n) is 5.89. The second kappa shape index (κ2) is 4.94. The third-order valence-corrected chi connectivity index (χ3v) is 3.42. The smallest absolute Gasteiger partial charge is 0.251 e. The number of carbonyl (C=O) groups excluding carboxylic acids is 1. The molecule has 15 heavy (non-hydrogen) atoms. The summed E-state index contributed by atoms with van der Waals surface area (Å²) in [6.07, 6.45) is 3.93. The maximum absolute atomic E-state index is 12.0. The molecule has 2 fully saturated rings. The Morgan fingerprint density at radius 2 is 2.07 bits per heavy atom. The van der Waals surface area contributed by atoms with Crippen LogP contribution < -0.4 is 5.32 Å². The lowest BCUT2D eigenvalue weighted by Crippen LogP contribution is -2.47. The number of nitrogens with one attached hydrogen (secondary N) is 1. The monoisotopic (exact) mass is 212 g/mol. The van der Waals surface area contributed by atoms with Crippen molar-refractivity contribution in [1.29, 1.82) is 0 Å². The number of carbonyl (C=O) groups is 1. The predicted molar refractivity (Wildman–Crippen MR) is 57.6 cm³/mol. The van der Waals surface area contributed by atoms with Crippen LogP contribution in [0.25, 0.3) is 0 Å². The van der Waals surface area contributed by atoms with Gasteiger partial charge in [0, 0.05) is 25.7 Å². The van der Waals surface area contributed by atoms with Crippen LogP contribution in [0.5, 0.6) is 0 Å². The molecule has 4 heteroatoms. The SMILES string of the molecule is CNC1CCN(C(=O)C2CCCO2)CC1. The number of nitrogens with zero attached hydrogens (tertiary/aromatic N) is 1. The van der Waals surface area contributed by atoms with Gasteiger partial charge in [0.2, 0.25) is 0 Å². The van der Waals surface area contributed by atoms with Crippen molar-refractivity contribution >= 4 is 5.91 Å². The van der Waals surface area contributed by atoms with E-state index < -0.39 is 0 Å². The second-order valence-corrected chi connectivity index (χ2v) is 4.39. The second-order valence-electron chi connectivity index (χ2n) is 4.39. The number of likely N-dealkylation sites (tertiary alicyclic amines) is 1. The summed E-state index contributed by atoms with van der Waals surface area (Å²) in [5.74, 6) is 0.210. The Balaban J connectivity index is 1.81. The minimum atomic E-state index is -0.142. The highest BCUT2D eigenvalue weighted by Crippen LogP contribution is 2.18. The predicted octanol–water partition coefficient (Wildman–Crippen LogP) is 0.376. The van der Waals surface area contributed by atoms with Crippen molar-refractivity contribution in [2.24, 2.45) is 0 Å². The van der Waals surface area contributed by atoms with Crippen LogP contribution in [0.15, 0.2) is 0 Å².